The Kier molecular flexibility index (Phi) is 5.18. The Morgan fingerprint density at radius 1 is 1.40 bits per heavy atom. The van der Waals surface area contributed by atoms with Crippen molar-refractivity contribution in [3.05, 3.63) is 29.3 Å². The fourth-order valence-electron chi connectivity index (χ4n) is 3.10. The third kappa shape index (κ3) is 3.14. The first-order valence-corrected chi connectivity index (χ1v) is 9.42. The smallest absolute Gasteiger partial charge is 0.268 e. The van der Waals surface area contributed by atoms with Gasteiger partial charge in [0, 0.05) is 18.7 Å². The van der Waals surface area contributed by atoms with Crippen LogP contribution in [0.1, 0.15) is 47.4 Å². The second-order valence-corrected chi connectivity index (χ2v) is 8.37. The van der Waals surface area contributed by atoms with Crippen LogP contribution in [0.25, 0.3) is 0 Å². The van der Waals surface area contributed by atoms with Crippen LogP contribution < -0.4 is 11.1 Å². The Balaban J connectivity index is 0.00000225. The third-order valence-corrected chi connectivity index (χ3v) is 6.76. The minimum absolute atomic E-state index is 0. The van der Waals surface area contributed by atoms with Crippen LogP contribution in [0.15, 0.2) is 23.1 Å². The molecule has 0 bridgehead atoms. The zero-order chi connectivity index (χ0) is 17.7. The maximum Gasteiger partial charge on any atom is 0.268 e. The van der Waals surface area contributed by atoms with Gasteiger partial charge in [-0.25, -0.2) is 12.7 Å². The molecular formula is C16H22ClN3O4S. The highest BCUT2D eigenvalue weighted by Crippen LogP contribution is 2.39. The average molecular weight is 388 g/mol. The highest BCUT2D eigenvalue weighted by molar-refractivity contribution is 7.90. The summed E-state index contributed by atoms with van der Waals surface area (Å²) in [4.78, 5) is 24.6. The minimum atomic E-state index is -3.88. The lowest BCUT2D eigenvalue weighted by Gasteiger charge is -2.29. The second kappa shape index (κ2) is 6.59. The molecule has 1 heterocycles. The van der Waals surface area contributed by atoms with Crippen molar-refractivity contribution in [1.82, 2.24) is 9.62 Å². The molecule has 1 aromatic carbocycles. The van der Waals surface area contributed by atoms with Crippen LogP contribution in [-0.2, 0) is 10.0 Å². The number of hydrogen-bond acceptors (Lipinski definition) is 5. The van der Waals surface area contributed by atoms with Gasteiger partial charge in [-0.15, -0.1) is 12.4 Å². The van der Waals surface area contributed by atoms with E-state index in [0.717, 1.165) is 17.1 Å². The Labute approximate surface area is 153 Å². The molecule has 9 heteroatoms. The summed E-state index contributed by atoms with van der Waals surface area (Å²) in [5, 5.41) is 2.92. The van der Waals surface area contributed by atoms with E-state index in [9.17, 15) is 18.0 Å². The average Bonchev–Trinajstić information content (AvgIpc) is 3.37. The molecule has 138 valence electrons. The highest BCUT2D eigenvalue weighted by Gasteiger charge is 2.43. The lowest BCUT2D eigenvalue weighted by molar-refractivity contribution is 0.0870. The number of sulfonamides is 1. The van der Waals surface area contributed by atoms with Crippen molar-refractivity contribution < 1.29 is 18.0 Å². The molecule has 0 radical (unpaired) electrons. The Hall–Kier alpha value is -1.64. The van der Waals surface area contributed by atoms with Crippen LogP contribution in [0, 0.1) is 5.92 Å². The molecule has 0 aromatic heterocycles. The first kappa shape index (κ1) is 19.7. The van der Waals surface area contributed by atoms with Gasteiger partial charge >= 0.3 is 0 Å². The SMILES string of the molecule is CCN1C(=O)c2ccc(C(=O)NC(C)(CN)C3CC3)cc2S1(=O)=O.Cl. The van der Waals surface area contributed by atoms with Crippen molar-refractivity contribution in [2.75, 3.05) is 13.1 Å². The second-order valence-electron chi connectivity index (χ2n) is 6.54. The number of halogens is 1. The molecule has 0 saturated heterocycles. The molecule has 1 fully saturated rings. The van der Waals surface area contributed by atoms with Gasteiger partial charge in [0.1, 0.15) is 4.90 Å². The molecule has 3 N–H and O–H groups in total. The standard InChI is InChI=1S/C16H21N3O4S.ClH/c1-3-19-15(21)12-7-4-10(8-13(12)24(19,22)23)14(20)18-16(2,9-17)11-5-6-11;/h4,7-8,11H,3,5-6,9,17H2,1-2H3,(H,18,20);1H. The van der Waals surface area contributed by atoms with Crippen LogP contribution in [0.5, 0.6) is 0 Å². The van der Waals surface area contributed by atoms with Crippen LogP contribution >= 0.6 is 12.4 Å². The number of hydrogen-bond donors (Lipinski definition) is 2. The van der Waals surface area contributed by atoms with Crippen LogP contribution in [-0.4, -0.2) is 43.2 Å². The topological polar surface area (TPSA) is 110 Å². The van der Waals surface area contributed by atoms with Gasteiger partial charge in [-0.3, -0.25) is 9.59 Å². The predicted octanol–water partition coefficient (Wildman–Crippen LogP) is 1.13. The molecule has 1 aliphatic carbocycles. The number of amides is 2. The fraction of sp³-hybridized carbons (Fsp3) is 0.500. The van der Waals surface area contributed by atoms with Gasteiger partial charge in [-0.2, -0.15) is 0 Å². The highest BCUT2D eigenvalue weighted by atomic mass is 35.5. The number of benzene rings is 1. The molecule has 2 amide bonds. The van der Waals surface area contributed by atoms with E-state index in [-0.39, 0.29) is 40.9 Å². The molecule has 3 rings (SSSR count). The molecule has 1 saturated carbocycles. The van der Waals surface area contributed by atoms with Crippen LogP contribution in [0.4, 0.5) is 0 Å². The maximum absolute atomic E-state index is 12.5. The number of carbonyl (C=O) groups is 2. The summed E-state index contributed by atoms with van der Waals surface area (Å²) >= 11 is 0. The number of fused-ring (bicyclic) bond motifs is 1. The maximum atomic E-state index is 12.5. The predicted molar refractivity (Wildman–Crippen MR) is 95.2 cm³/mol. The van der Waals surface area contributed by atoms with Crippen molar-refractivity contribution in [3.8, 4) is 0 Å². The quantitative estimate of drug-likeness (QED) is 0.787. The summed E-state index contributed by atoms with van der Waals surface area (Å²) in [5.41, 5.74) is 5.62. The Bertz CT molecular complexity index is 823. The number of nitrogens with two attached hydrogens (primary N) is 1. The largest absolute Gasteiger partial charge is 0.345 e. The molecule has 7 nitrogen and oxygen atoms in total. The molecule has 1 unspecified atom stereocenters. The van der Waals surface area contributed by atoms with Gasteiger partial charge in [0.05, 0.1) is 11.1 Å². The number of nitrogens with zero attached hydrogens (tertiary/aromatic N) is 1. The first-order valence-electron chi connectivity index (χ1n) is 7.98. The van der Waals surface area contributed by atoms with E-state index >= 15 is 0 Å². The summed E-state index contributed by atoms with van der Waals surface area (Å²) in [5.74, 6) is -0.582. The first-order chi connectivity index (χ1) is 11.2. The van der Waals surface area contributed by atoms with Gasteiger partial charge in [0.15, 0.2) is 0 Å². The van der Waals surface area contributed by atoms with Crippen molar-refractivity contribution in [2.45, 2.75) is 37.1 Å². The lowest BCUT2D eigenvalue weighted by atomic mass is 9.95. The van der Waals surface area contributed by atoms with E-state index < -0.39 is 21.5 Å². The monoisotopic (exact) mass is 387 g/mol. The van der Waals surface area contributed by atoms with E-state index in [0.29, 0.717) is 12.5 Å². The van der Waals surface area contributed by atoms with Gasteiger partial charge in [0.25, 0.3) is 21.8 Å². The summed E-state index contributed by atoms with van der Waals surface area (Å²) in [7, 11) is -3.88. The van der Waals surface area contributed by atoms with Crippen LogP contribution in [0.3, 0.4) is 0 Å². The van der Waals surface area contributed by atoms with E-state index in [1.54, 1.807) is 6.92 Å². The summed E-state index contributed by atoms with van der Waals surface area (Å²) in [6.07, 6.45) is 2.04. The van der Waals surface area contributed by atoms with Gasteiger partial charge < -0.3 is 11.1 Å². The van der Waals surface area contributed by atoms with Crippen molar-refractivity contribution >= 4 is 34.2 Å². The van der Waals surface area contributed by atoms with Crippen molar-refractivity contribution in [3.63, 3.8) is 0 Å². The molecule has 1 atom stereocenters. The summed E-state index contributed by atoms with van der Waals surface area (Å²) < 4.78 is 25.6. The molecule has 1 aromatic rings. The number of rotatable bonds is 5. The van der Waals surface area contributed by atoms with Crippen molar-refractivity contribution in [1.29, 1.82) is 0 Å². The molecule has 1 aliphatic heterocycles. The normalized spacial score (nSPS) is 20.4. The lowest BCUT2D eigenvalue weighted by Crippen LogP contribution is -2.53. The zero-order valence-electron chi connectivity index (χ0n) is 14.1. The van der Waals surface area contributed by atoms with E-state index in [1.807, 2.05) is 6.92 Å². The van der Waals surface area contributed by atoms with Gasteiger partial charge in [-0.05, 0) is 50.8 Å². The van der Waals surface area contributed by atoms with Gasteiger partial charge in [0.2, 0.25) is 0 Å². The van der Waals surface area contributed by atoms with E-state index in [1.165, 1.54) is 18.2 Å². The number of carbonyl (C=O) groups excluding carboxylic acids is 2. The third-order valence-electron chi connectivity index (χ3n) is 4.86. The molecule has 25 heavy (non-hydrogen) atoms. The minimum Gasteiger partial charge on any atom is -0.345 e. The Morgan fingerprint density at radius 3 is 2.56 bits per heavy atom. The van der Waals surface area contributed by atoms with Crippen molar-refractivity contribution in [2.24, 2.45) is 11.7 Å². The molecular weight excluding hydrogens is 366 g/mol. The fourth-order valence-corrected chi connectivity index (χ4v) is 4.70. The zero-order valence-corrected chi connectivity index (χ0v) is 15.7. The molecule has 0 spiro atoms. The number of nitrogens with one attached hydrogen (secondary N) is 1. The van der Waals surface area contributed by atoms with Crippen LogP contribution in [0.2, 0.25) is 0 Å². The Morgan fingerprint density at radius 2 is 2.04 bits per heavy atom. The van der Waals surface area contributed by atoms with E-state index in [4.69, 9.17) is 5.73 Å². The van der Waals surface area contributed by atoms with E-state index in [2.05, 4.69) is 5.32 Å². The molecule has 2 aliphatic rings. The van der Waals surface area contributed by atoms with Gasteiger partial charge in [-0.1, -0.05) is 0 Å². The summed E-state index contributed by atoms with van der Waals surface area (Å²) in [6, 6.07) is 4.15. The summed E-state index contributed by atoms with van der Waals surface area (Å²) in [6.45, 7) is 3.87.